The molecule has 5 heteroatoms. The van der Waals surface area contributed by atoms with Gasteiger partial charge in [0.15, 0.2) is 6.04 Å². The van der Waals surface area contributed by atoms with Gasteiger partial charge in [0.25, 0.3) is 5.91 Å². The Morgan fingerprint density at radius 3 is 2.48 bits per heavy atom. The van der Waals surface area contributed by atoms with Crippen LogP contribution in [0.5, 0.6) is 5.75 Å². The van der Waals surface area contributed by atoms with Crippen molar-refractivity contribution >= 4 is 17.5 Å². The molecule has 1 heterocycles. The summed E-state index contributed by atoms with van der Waals surface area (Å²) in [6, 6.07) is 7.41. The number of nitrogens with zero attached hydrogens (tertiary/aromatic N) is 1. The van der Waals surface area contributed by atoms with Crippen molar-refractivity contribution in [3.05, 3.63) is 24.3 Å². The molecule has 3 rings (SSSR count). The third-order valence-corrected chi connectivity index (χ3v) is 4.74. The predicted octanol–water partition coefficient (Wildman–Crippen LogP) is 1.61. The van der Waals surface area contributed by atoms with Crippen molar-refractivity contribution in [3.63, 3.8) is 0 Å². The number of rotatable bonds is 5. The number of quaternary nitrogens is 1. The molecular formula is C18H25N2O3+. The molecule has 0 radical (unpaired) electrons. The molecule has 0 aromatic heterocycles. The average molecular weight is 317 g/mol. The van der Waals surface area contributed by atoms with E-state index in [1.807, 2.05) is 6.92 Å². The van der Waals surface area contributed by atoms with Gasteiger partial charge in [-0.25, -0.2) is 4.90 Å². The number of hydrogen-bond donors (Lipinski definition) is 1. The number of benzene rings is 1. The zero-order valence-corrected chi connectivity index (χ0v) is 13.7. The summed E-state index contributed by atoms with van der Waals surface area (Å²) < 4.78 is 5.40. The summed E-state index contributed by atoms with van der Waals surface area (Å²) in [6.45, 7) is 2.52. The van der Waals surface area contributed by atoms with Crippen LogP contribution in [0.15, 0.2) is 24.3 Å². The van der Waals surface area contributed by atoms with Crippen LogP contribution in [0.25, 0.3) is 0 Å². The number of imide groups is 1. The second-order valence-corrected chi connectivity index (χ2v) is 6.40. The molecule has 124 valence electrons. The summed E-state index contributed by atoms with van der Waals surface area (Å²) in [5.74, 6) is 0.571. The van der Waals surface area contributed by atoms with Crippen LogP contribution < -0.4 is 15.0 Å². The van der Waals surface area contributed by atoms with E-state index in [1.165, 1.54) is 24.2 Å². The number of nitrogens with two attached hydrogens (primary N) is 1. The van der Waals surface area contributed by atoms with Crippen LogP contribution in [0, 0.1) is 0 Å². The predicted molar refractivity (Wildman–Crippen MR) is 87.3 cm³/mol. The minimum atomic E-state index is -0.253. The quantitative estimate of drug-likeness (QED) is 0.839. The number of anilines is 1. The maximum atomic E-state index is 12.6. The number of carbonyl (C=O) groups excluding carboxylic acids is 2. The van der Waals surface area contributed by atoms with Gasteiger partial charge in [0, 0.05) is 0 Å². The Kier molecular flexibility index (Phi) is 4.96. The summed E-state index contributed by atoms with van der Waals surface area (Å²) in [6.07, 6.45) is 6.38. The second kappa shape index (κ2) is 7.13. The van der Waals surface area contributed by atoms with Crippen LogP contribution in [0.4, 0.5) is 5.69 Å². The van der Waals surface area contributed by atoms with Gasteiger partial charge in [-0.2, -0.15) is 0 Å². The van der Waals surface area contributed by atoms with Crippen LogP contribution in [0.2, 0.25) is 0 Å². The van der Waals surface area contributed by atoms with E-state index in [9.17, 15) is 9.59 Å². The molecule has 1 saturated carbocycles. The lowest BCUT2D eigenvalue weighted by Gasteiger charge is -2.22. The highest BCUT2D eigenvalue weighted by Crippen LogP contribution is 2.25. The van der Waals surface area contributed by atoms with E-state index in [0.717, 1.165) is 18.6 Å². The minimum absolute atomic E-state index is 0.0790. The van der Waals surface area contributed by atoms with Crippen molar-refractivity contribution in [3.8, 4) is 5.75 Å². The first-order valence-corrected chi connectivity index (χ1v) is 8.63. The Balaban J connectivity index is 1.68. The SMILES string of the molecule is CCOc1ccc(N2C(=O)CC([NH2+]C3CCCCC3)C2=O)cc1. The molecule has 1 aromatic rings. The standard InChI is InChI=1S/C18H24N2O3/c1-2-23-15-10-8-14(9-11-15)20-17(21)12-16(18(20)22)19-13-6-4-3-5-7-13/h8-11,13,16,19H,2-7,12H2,1H3/p+1. The van der Waals surface area contributed by atoms with Crippen molar-refractivity contribution in [1.82, 2.24) is 0 Å². The number of hydrogen-bond acceptors (Lipinski definition) is 3. The molecule has 1 saturated heterocycles. The van der Waals surface area contributed by atoms with E-state index in [4.69, 9.17) is 4.74 Å². The first kappa shape index (κ1) is 16.0. The van der Waals surface area contributed by atoms with Crippen LogP contribution in [-0.2, 0) is 9.59 Å². The molecule has 0 spiro atoms. The molecule has 2 N–H and O–H groups in total. The summed E-state index contributed by atoms with van der Waals surface area (Å²) in [4.78, 5) is 26.3. The highest BCUT2D eigenvalue weighted by atomic mass is 16.5. The van der Waals surface area contributed by atoms with Gasteiger partial charge in [-0.05, 0) is 56.9 Å². The Hall–Kier alpha value is -1.88. The smallest absolute Gasteiger partial charge is 0.292 e. The summed E-state index contributed by atoms with van der Waals surface area (Å²) >= 11 is 0. The van der Waals surface area contributed by atoms with Gasteiger partial charge >= 0.3 is 0 Å². The van der Waals surface area contributed by atoms with Crippen molar-refractivity contribution < 1.29 is 19.6 Å². The summed E-state index contributed by atoms with van der Waals surface area (Å²) in [5, 5.41) is 2.13. The van der Waals surface area contributed by atoms with Gasteiger partial charge in [-0.1, -0.05) is 6.42 Å². The normalized spacial score (nSPS) is 22.7. The van der Waals surface area contributed by atoms with Crippen LogP contribution >= 0.6 is 0 Å². The first-order chi connectivity index (χ1) is 11.2. The van der Waals surface area contributed by atoms with E-state index in [1.54, 1.807) is 24.3 Å². The Morgan fingerprint density at radius 2 is 1.83 bits per heavy atom. The Bertz CT molecular complexity index is 564. The van der Waals surface area contributed by atoms with Crippen molar-refractivity contribution in [2.75, 3.05) is 11.5 Å². The number of amides is 2. The van der Waals surface area contributed by atoms with Gasteiger partial charge in [0.2, 0.25) is 5.91 Å². The maximum absolute atomic E-state index is 12.6. The lowest BCUT2D eigenvalue weighted by atomic mass is 9.95. The fourth-order valence-corrected chi connectivity index (χ4v) is 3.59. The third kappa shape index (κ3) is 3.55. The molecular weight excluding hydrogens is 292 g/mol. The van der Waals surface area contributed by atoms with Gasteiger partial charge in [-0.3, -0.25) is 9.59 Å². The van der Waals surface area contributed by atoms with E-state index < -0.39 is 0 Å². The molecule has 1 atom stereocenters. The first-order valence-electron chi connectivity index (χ1n) is 8.63. The topological polar surface area (TPSA) is 63.2 Å². The van der Waals surface area contributed by atoms with Crippen molar-refractivity contribution in [2.45, 2.75) is 57.5 Å². The number of ether oxygens (including phenoxy) is 1. The van der Waals surface area contributed by atoms with E-state index in [0.29, 0.717) is 24.8 Å². The van der Waals surface area contributed by atoms with Gasteiger partial charge in [0.05, 0.1) is 24.8 Å². The van der Waals surface area contributed by atoms with Gasteiger partial charge in [0.1, 0.15) is 5.75 Å². The van der Waals surface area contributed by atoms with E-state index in [-0.39, 0.29) is 17.9 Å². The average Bonchev–Trinajstić information content (AvgIpc) is 2.84. The largest absolute Gasteiger partial charge is 0.494 e. The fourth-order valence-electron chi connectivity index (χ4n) is 3.59. The maximum Gasteiger partial charge on any atom is 0.292 e. The lowest BCUT2D eigenvalue weighted by Crippen LogP contribution is -2.96. The fraction of sp³-hybridized carbons (Fsp3) is 0.556. The van der Waals surface area contributed by atoms with Crippen LogP contribution in [-0.4, -0.2) is 30.5 Å². The molecule has 2 aliphatic rings. The van der Waals surface area contributed by atoms with Gasteiger partial charge in [-0.15, -0.1) is 0 Å². The van der Waals surface area contributed by atoms with Crippen LogP contribution in [0.3, 0.4) is 0 Å². The van der Waals surface area contributed by atoms with Gasteiger partial charge < -0.3 is 10.1 Å². The molecule has 0 bridgehead atoms. The Labute approximate surface area is 137 Å². The number of carbonyl (C=O) groups is 2. The lowest BCUT2D eigenvalue weighted by molar-refractivity contribution is -0.710. The molecule has 23 heavy (non-hydrogen) atoms. The molecule has 2 amide bonds. The monoisotopic (exact) mass is 317 g/mol. The molecule has 1 aromatic carbocycles. The summed E-state index contributed by atoms with van der Waals surface area (Å²) in [7, 11) is 0. The molecule has 1 aliphatic heterocycles. The highest BCUT2D eigenvalue weighted by Gasteiger charge is 2.43. The zero-order valence-electron chi connectivity index (χ0n) is 13.7. The third-order valence-electron chi connectivity index (χ3n) is 4.74. The minimum Gasteiger partial charge on any atom is -0.494 e. The zero-order chi connectivity index (χ0) is 16.2. The summed E-state index contributed by atoms with van der Waals surface area (Å²) in [5.41, 5.74) is 0.642. The highest BCUT2D eigenvalue weighted by molar-refractivity contribution is 6.21. The molecule has 1 aliphatic carbocycles. The van der Waals surface area contributed by atoms with Crippen LogP contribution in [0.1, 0.15) is 45.4 Å². The van der Waals surface area contributed by atoms with E-state index in [2.05, 4.69) is 5.32 Å². The van der Waals surface area contributed by atoms with Crippen molar-refractivity contribution in [1.29, 1.82) is 0 Å². The molecule has 1 unspecified atom stereocenters. The second-order valence-electron chi connectivity index (χ2n) is 6.40. The molecule has 5 nitrogen and oxygen atoms in total. The molecule has 2 fully saturated rings. The Morgan fingerprint density at radius 1 is 1.13 bits per heavy atom. The van der Waals surface area contributed by atoms with Crippen molar-refractivity contribution in [2.24, 2.45) is 0 Å². The van der Waals surface area contributed by atoms with E-state index >= 15 is 0 Å².